The summed E-state index contributed by atoms with van der Waals surface area (Å²) in [6.45, 7) is 1.78. The number of rotatable bonds is 4. The highest BCUT2D eigenvalue weighted by atomic mass is 19.1. The summed E-state index contributed by atoms with van der Waals surface area (Å²) in [5, 5.41) is 17.6. The number of halogens is 1. The van der Waals surface area contributed by atoms with Crippen LogP contribution >= 0.6 is 0 Å². The van der Waals surface area contributed by atoms with Crippen molar-refractivity contribution < 1.29 is 14.3 Å². The van der Waals surface area contributed by atoms with Crippen LogP contribution in [0.15, 0.2) is 36.7 Å². The summed E-state index contributed by atoms with van der Waals surface area (Å²) in [6.07, 6.45) is 4.57. The Morgan fingerprint density at radius 1 is 1.37 bits per heavy atom. The maximum Gasteiger partial charge on any atom is 0.252 e. The highest BCUT2D eigenvalue weighted by molar-refractivity contribution is 6.06. The Kier molecular flexibility index (Phi) is 4.39. The molecule has 0 spiro atoms. The smallest absolute Gasteiger partial charge is 0.252 e. The minimum Gasteiger partial charge on any atom is -0.393 e. The molecule has 1 saturated carbocycles. The number of hydrogen-bond acceptors (Lipinski definition) is 4. The Morgan fingerprint density at radius 2 is 2.15 bits per heavy atom. The van der Waals surface area contributed by atoms with Crippen molar-refractivity contribution in [3.63, 3.8) is 0 Å². The van der Waals surface area contributed by atoms with E-state index in [4.69, 9.17) is 0 Å². The van der Waals surface area contributed by atoms with Gasteiger partial charge in [-0.3, -0.25) is 14.5 Å². The molecule has 2 heterocycles. The van der Waals surface area contributed by atoms with E-state index in [1.54, 1.807) is 29.9 Å². The number of amides is 1. The van der Waals surface area contributed by atoms with Crippen LogP contribution in [0.3, 0.4) is 0 Å². The molecule has 2 aromatic heterocycles. The van der Waals surface area contributed by atoms with Gasteiger partial charge in [0.2, 0.25) is 0 Å². The number of benzene rings is 1. The summed E-state index contributed by atoms with van der Waals surface area (Å²) < 4.78 is 15.3. The van der Waals surface area contributed by atoms with Gasteiger partial charge in [0.15, 0.2) is 0 Å². The van der Waals surface area contributed by atoms with Crippen LogP contribution in [-0.4, -0.2) is 31.9 Å². The molecule has 7 heteroatoms. The monoisotopic (exact) mass is 368 g/mol. The molecule has 1 atom stereocenters. The SMILES string of the molecule is Cc1cc(C(=O)NC(c2cnn(C)c2)C2CC(O)C2)c2ccc(F)cc2n1. The fourth-order valence-electron chi connectivity index (χ4n) is 3.72. The predicted molar refractivity (Wildman–Crippen MR) is 98.6 cm³/mol. The molecule has 4 rings (SSSR count). The minimum absolute atomic E-state index is 0.153. The number of aliphatic hydroxyl groups is 1. The molecule has 1 amide bonds. The summed E-state index contributed by atoms with van der Waals surface area (Å²) in [4.78, 5) is 17.4. The molecule has 1 aliphatic rings. The van der Waals surface area contributed by atoms with Crippen molar-refractivity contribution in [1.29, 1.82) is 0 Å². The first-order chi connectivity index (χ1) is 12.9. The van der Waals surface area contributed by atoms with Crippen molar-refractivity contribution in [2.75, 3.05) is 0 Å². The van der Waals surface area contributed by atoms with Crippen molar-refractivity contribution in [3.8, 4) is 0 Å². The summed E-state index contributed by atoms with van der Waals surface area (Å²) in [5.74, 6) is -0.476. The average molecular weight is 368 g/mol. The third kappa shape index (κ3) is 3.42. The second kappa shape index (κ2) is 6.74. The Bertz CT molecular complexity index is 1010. The lowest BCUT2D eigenvalue weighted by molar-refractivity contribution is 0.0235. The standard InChI is InChI=1S/C20H21FN4O2/c1-11-5-17(16-4-3-14(21)8-18(16)23-11)20(27)24-19(12-6-15(26)7-12)13-9-22-25(2)10-13/h3-5,8-10,12,15,19,26H,6-7H2,1-2H3,(H,24,27). The Balaban J connectivity index is 1.68. The van der Waals surface area contributed by atoms with E-state index in [1.165, 1.54) is 12.1 Å². The van der Waals surface area contributed by atoms with Crippen LogP contribution in [0, 0.1) is 18.7 Å². The second-order valence-corrected chi connectivity index (χ2v) is 7.26. The number of aliphatic hydroxyl groups excluding tert-OH is 1. The molecule has 0 saturated heterocycles. The molecule has 1 fully saturated rings. The van der Waals surface area contributed by atoms with E-state index in [0.29, 0.717) is 35.0 Å². The van der Waals surface area contributed by atoms with E-state index in [-0.39, 0.29) is 29.8 Å². The van der Waals surface area contributed by atoms with Crippen molar-refractivity contribution in [2.24, 2.45) is 13.0 Å². The fourth-order valence-corrected chi connectivity index (χ4v) is 3.72. The van der Waals surface area contributed by atoms with Crippen LogP contribution in [-0.2, 0) is 7.05 Å². The summed E-state index contributed by atoms with van der Waals surface area (Å²) in [5.41, 5.74) is 2.47. The first-order valence-electron chi connectivity index (χ1n) is 8.95. The van der Waals surface area contributed by atoms with Gasteiger partial charge in [-0.05, 0) is 43.9 Å². The van der Waals surface area contributed by atoms with E-state index in [9.17, 15) is 14.3 Å². The van der Waals surface area contributed by atoms with Gasteiger partial charge in [-0.15, -0.1) is 0 Å². The van der Waals surface area contributed by atoms with Gasteiger partial charge in [0.1, 0.15) is 5.82 Å². The number of pyridine rings is 1. The summed E-state index contributed by atoms with van der Waals surface area (Å²) >= 11 is 0. The first kappa shape index (κ1) is 17.6. The van der Waals surface area contributed by atoms with E-state index < -0.39 is 0 Å². The molecule has 3 aromatic rings. The van der Waals surface area contributed by atoms with Crippen molar-refractivity contribution in [2.45, 2.75) is 31.9 Å². The molecule has 0 bridgehead atoms. The van der Waals surface area contributed by atoms with Gasteiger partial charge in [-0.2, -0.15) is 5.10 Å². The van der Waals surface area contributed by atoms with Crippen LogP contribution in [0.4, 0.5) is 4.39 Å². The lowest BCUT2D eigenvalue weighted by atomic mass is 9.75. The predicted octanol–water partition coefficient (Wildman–Crippen LogP) is 2.66. The van der Waals surface area contributed by atoms with Crippen LogP contribution in [0.5, 0.6) is 0 Å². The average Bonchev–Trinajstić information content (AvgIpc) is 3.02. The number of carbonyl (C=O) groups is 1. The molecule has 6 nitrogen and oxygen atoms in total. The van der Waals surface area contributed by atoms with E-state index in [2.05, 4.69) is 15.4 Å². The molecular weight excluding hydrogens is 347 g/mol. The molecule has 1 unspecified atom stereocenters. The number of aromatic nitrogens is 3. The molecule has 2 N–H and O–H groups in total. The van der Waals surface area contributed by atoms with E-state index in [0.717, 1.165) is 5.56 Å². The summed E-state index contributed by atoms with van der Waals surface area (Å²) in [6, 6.07) is 5.72. The zero-order chi connectivity index (χ0) is 19.1. The van der Waals surface area contributed by atoms with Crippen LogP contribution < -0.4 is 5.32 Å². The lowest BCUT2D eigenvalue weighted by Crippen LogP contribution is -2.41. The molecule has 0 aliphatic heterocycles. The normalized spacial score (nSPS) is 20.3. The maximum absolute atomic E-state index is 13.6. The molecule has 27 heavy (non-hydrogen) atoms. The van der Waals surface area contributed by atoms with Gasteiger partial charge < -0.3 is 10.4 Å². The van der Waals surface area contributed by atoms with Gasteiger partial charge in [-0.25, -0.2) is 4.39 Å². The van der Waals surface area contributed by atoms with Gasteiger partial charge in [0.25, 0.3) is 5.91 Å². The van der Waals surface area contributed by atoms with Crippen molar-refractivity contribution in [1.82, 2.24) is 20.1 Å². The third-order valence-electron chi connectivity index (χ3n) is 5.14. The second-order valence-electron chi connectivity index (χ2n) is 7.26. The van der Waals surface area contributed by atoms with E-state index >= 15 is 0 Å². The number of nitrogens with zero attached hydrogens (tertiary/aromatic N) is 3. The molecule has 1 aromatic carbocycles. The zero-order valence-electron chi connectivity index (χ0n) is 15.2. The van der Waals surface area contributed by atoms with E-state index in [1.807, 2.05) is 13.2 Å². The van der Waals surface area contributed by atoms with Gasteiger partial charge in [0, 0.05) is 36.0 Å². The number of fused-ring (bicyclic) bond motifs is 1. The largest absolute Gasteiger partial charge is 0.393 e. The Morgan fingerprint density at radius 3 is 2.81 bits per heavy atom. The summed E-state index contributed by atoms with van der Waals surface area (Å²) in [7, 11) is 1.83. The number of carbonyl (C=O) groups excluding carboxylic acids is 1. The van der Waals surface area contributed by atoms with Gasteiger partial charge in [-0.1, -0.05) is 0 Å². The third-order valence-corrected chi connectivity index (χ3v) is 5.14. The molecule has 0 radical (unpaired) electrons. The van der Waals surface area contributed by atoms with Gasteiger partial charge in [0.05, 0.1) is 29.4 Å². The zero-order valence-corrected chi connectivity index (χ0v) is 15.2. The quantitative estimate of drug-likeness (QED) is 0.742. The minimum atomic E-state index is -0.386. The number of nitrogens with one attached hydrogen (secondary N) is 1. The molecule has 140 valence electrons. The maximum atomic E-state index is 13.6. The van der Waals surface area contributed by atoms with Crippen LogP contribution in [0.1, 0.15) is 40.5 Å². The number of hydrogen-bond donors (Lipinski definition) is 2. The van der Waals surface area contributed by atoms with Crippen molar-refractivity contribution in [3.05, 3.63) is 59.3 Å². The molecular formula is C20H21FN4O2. The topological polar surface area (TPSA) is 80.0 Å². The lowest BCUT2D eigenvalue weighted by Gasteiger charge is -2.37. The Hall–Kier alpha value is -2.80. The highest BCUT2D eigenvalue weighted by Gasteiger charge is 2.36. The van der Waals surface area contributed by atoms with Crippen LogP contribution in [0.25, 0.3) is 10.9 Å². The first-order valence-corrected chi connectivity index (χ1v) is 8.95. The number of aryl methyl sites for hydroxylation is 2. The van der Waals surface area contributed by atoms with Crippen LogP contribution in [0.2, 0.25) is 0 Å². The molecule has 1 aliphatic carbocycles. The highest BCUT2D eigenvalue weighted by Crippen LogP contribution is 2.38. The Labute approximate surface area is 156 Å². The fraction of sp³-hybridized carbons (Fsp3) is 0.350. The van der Waals surface area contributed by atoms with Crippen molar-refractivity contribution >= 4 is 16.8 Å². The van der Waals surface area contributed by atoms with Gasteiger partial charge >= 0.3 is 0 Å².